The van der Waals surface area contributed by atoms with Crippen LogP contribution in [0.15, 0.2) is 30.3 Å². The number of rotatable bonds is 4. The topological polar surface area (TPSA) is 150 Å². The molecule has 0 heterocycles. The molecular formula is C17H17N3O7S. The van der Waals surface area contributed by atoms with E-state index in [1.54, 1.807) is 18.2 Å². The third-order valence-electron chi connectivity index (χ3n) is 3.74. The number of aliphatic carboxylic acids is 1. The summed E-state index contributed by atoms with van der Waals surface area (Å²) in [4.78, 5) is 46.5. The fourth-order valence-electron chi connectivity index (χ4n) is 2.22. The highest BCUT2D eigenvalue weighted by Gasteiger charge is 2.24. The number of nitrogens with zero attached hydrogens (tertiary/aromatic N) is 2. The van der Waals surface area contributed by atoms with E-state index in [0.29, 0.717) is 17.1 Å². The van der Waals surface area contributed by atoms with Crippen molar-refractivity contribution in [3.8, 4) is 11.5 Å². The molecule has 0 bridgehead atoms. The highest BCUT2D eigenvalue weighted by Crippen LogP contribution is 2.36. The van der Waals surface area contributed by atoms with E-state index >= 15 is 0 Å². The largest absolute Gasteiger partial charge is 0.506 e. The Hall–Kier alpha value is -3.47. The molecule has 0 spiro atoms. The Morgan fingerprint density at radius 1 is 1.11 bits per heavy atom. The maximum absolute atomic E-state index is 12.4. The number of carbonyl (C=O) groups excluding carboxylic acids is 3. The lowest BCUT2D eigenvalue weighted by Crippen LogP contribution is -2.44. The summed E-state index contributed by atoms with van der Waals surface area (Å²) in [5.41, 5.74) is 5.03. The number of thioether (sulfide) groups is 1. The van der Waals surface area contributed by atoms with E-state index in [1.165, 1.54) is 20.2 Å². The zero-order chi connectivity index (χ0) is 21.0. The number of nitrogens with two attached hydrogens (primary N) is 1. The number of fused-ring (bicyclic) bond motifs is 1. The maximum Gasteiger partial charge on any atom is 0.434 e. The molecule has 0 atom stereocenters. The van der Waals surface area contributed by atoms with Gasteiger partial charge in [-0.3, -0.25) is 14.4 Å². The first-order valence-corrected chi connectivity index (χ1v) is 8.74. The Balaban J connectivity index is 2.29. The lowest BCUT2D eigenvalue weighted by Gasteiger charge is -2.27. The summed E-state index contributed by atoms with van der Waals surface area (Å²) in [5, 5.41) is 20.5. The maximum atomic E-state index is 12.4. The third kappa shape index (κ3) is 4.43. The van der Waals surface area contributed by atoms with Crippen molar-refractivity contribution in [3.05, 3.63) is 35.9 Å². The standard InChI is InChI=1S/C17H17N3O7S/c1-19(20(2)17(26)28-8-13(21)22)16(25)27-12-7-11(15(18)24)14(23)10-6-4-3-5-9(10)12/h3-7,23H,8H2,1-2H3,(H2,18,24)(H,21,22). The van der Waals surface area contributed by atoms with Crippen LogP contribution in [0, 0.1) is 0 Å². The van der Waals surface area contributed by atoms with Crippen LogP contribution in [-0.2, 0) is 4.79 Å². The van der Waals surface area contributed by atoms with Gasteiger partial charge in [0.15, 0.2) is 0 Å². The number of primary amides is 1. The van der Waals surface area contributed by atoms with Crippen molar-refractivity contribution in [3.63, 3.8) is 0 Å². The van der Waals surface area contributed by atoms with Gasteiger partial charge in [0, 0.05) is 24.9 Å². The van der Waals surface area contributed by atoms with Gasteiger partial charge in [-0.05, 0) is 6.07 Å². The summed E-state index contributed by atoms with van der Waals surface area (Å²) in [7, 11) is 2.52. The first kappa shape index (κ1) is 20.8. The number of carboxylic acid groups (broad SMARTS) is 1. The second-order valence-corrected chi connectivity index (χ2v) is 6.47. The SMILES string of the molecule is CN(C(=O)Oc1cc(C(N)=O)c(O)c2ccccc12)N(C)C(=O)SCC(=O)O. The van der Waals surface area contributed by atoms with Crippen molar-refractivity contribution in [2.75, 3.05) is 19.8 Å². The number of hydrazine groups is 1. The Labute approximate surface area is 163 Å². The van der Waals surface area contributed by atoms with Gasteiger partial charge in [0.05, 0.1) is 5.56 Å². The van der Waals surface area contributed by atoms with Gasteiger partial charge in [0.2, 0.25) is 0 Å². The average Bonchev–Trinajstić information content (AvgIpc) is 2.66. The number of amides is 3. The smallest absolute Gasteiger partial charge is 0.434 e. The van der Waals surface area contributed by atoms with E-state index in [1.807, 2.05) is 0 Å². The first-order chi connectivity index (χ1) is 13.1. The van der Waals surface area contributed by atoms with Crippen LogP contribution in [0.1, 0.15) is 10.4 Å². The summed E-state index contributed by atoms with van der Waals surface area (Å²) in [6.07, 6.45) is -0.974. The normalized spacial score (nSPS) is 10.4. The molecule has 2 aromatic rings. The van der Waals surface area contributed by atoms with Gasteiger partial charge in [-0.2, -0.15) is 0 Å². The summed E-state index contributed by atoms with van der Waals surface area (Å²) in [6.45, 7) is 0. The molecule has 0 radical (unpaired) electrons. The average molecular weight is 407 g/mol. The Morgan fingerprint density at radius 3 is 2.29 bits per heavy atom. The number of hydrogen-bond acceptors (Lipinski definition) is 7. The molecule has 2 aromatic carbocycles. The monoisotopic (exact) mass is 407 g/mol. The fraction of sp³-hybridized carbons (Fsp3) is 0.176. The molecule has 11 heteroatoms. The van der Waals surface area contributed by atoms with Crippen molar-refractivity contribution in [1.29, 1.82) is 0 Å². The van der Waals surface area contributed by atoms with E-state index in [2.05, 4.69) is 0 Å². The number of phenols is 1. The van der Waals surface area contributed by atoms with Crippen LogP contribution in [-0.4, -0.2) is 63.3 Å². The number of hydrogen-bond donors (Lipinski definition) is 3. The number of carbonyl (C=O) groups is 4. The Morgan fingerprint density at radius 2 is 1.71 bits per heavy atom. The molecule has 0 aromatic heterocycles. The Bertz CT molecular complexity index is 963. The predicted molar refractivity (Wildman–Crippen MR) is 101 cm³/mol. The lowest BCUT2D eigenvalue weighted by molar-refractivity contribution is -0.133. The van der Waals surface area contributed by atoms with Crippen LogP contribution in [0.3, 0.4) is 0 Å². The number of benzene rings is 2. The van der Waals surface area contributed by atoms with Gasteiger partial charge in [-0.1, -0.05) is 36.0 Å². The van der Waals surface area contributed by atoms with E-state index in [0.717, 1.165) is 16.1 Å². The lowest BCUT2D eigenvalue weighted by atomic mass is 10.0. The van der Waals surface area contributed by atoms with Gasteiger partial charge in [-0.15, -0.1) is 0 Å². The van der Waals surface area contributed by atoms with Gasteiger partial charge in [0.25, 0.3) is 5.91 Å². The van der Waals surface area contributed by atoms with Crippen LogP contribution in [0.2, 0.25) is 0 Å². The van der Waals surface area contributed by atoms with Crippen LogP contribution in [0.4, 0.5) is 9.59 Å². The van der Waals surface area contributed by atoms with E-state index < -0.39 is 29.0 Å². The predicted octanol–water partition coefficient (Wildman–Crippen LogP) is 1.86. The first-order valence-electron chi connectivity index (χ1n) is 7.75. The van der Waals surface area contributed by atoms with Gasteiger partial charge < -0.3 is 20.7 Å². The van der Waals surface area contributed by atoms with Gasteiger partial charge in [-0.25, -0.2) is 14.8 Å². The van der Waals surface area contributed by atoms with Crippen molar-refractivity contribution in [2.45, 2.75) is 0 Å². The van der Waals surface area contributed by atoms with E-state index in [9.17, 15) is 24.3 Å². The highest BCUT2D eigenvalue weighted by molar-refractivity contribution is 8.14. The molecule has 0 aliphatic rings. The summed E-state index contributed by atoms with van der Waals surface area (Å²) in [5.74, 6) is -2.93. The van der Waals surface area contributed by atoms with Crippen LogP contribution < -0.4 is 10.5 Å². The molecule has 0 saturated carbocycles. The van der Waals surface area contributed by atoms with Crippen molar-refractivity contribution in [1.82, 2.24) is 10.0 Å². The van der Waals surface area contributed by atoms with E-state index in [-0.39, 0.29) is 22.4 Å². The number of carboxylic acids is 1. The van der Waals surface area contributed by atoms with Crippen molar-refractivity contribution < 1.29 is 34.1 Å². The summed E-state index contributed by atoms with van der Waals surface area (Å²) < 4.78 is 5.28. The minimum absolute atomic E-state index is 0.0434. The van der Waals surface area contributed by atoms with Crippen LogP contribution >= 0.6 is 11.8 Å². The van der Waals surface area contributed by atoms with Crippen LogP contribution in [0.5, 0.6) is 11.5 Å². The van der Waals surface area contributed by atoms with Crippen LogP contribution in [0.25, 0.3) is 10.8 Å². The number of ether oxygens (including phenoxy) is 1. The molecule has 0 aliphatic heterocycles. The Kier molecular flexibility index (Phi) is 6.31. The quantitative estimate of drug-likeness (QED) is 0.650. The third-order valence-corrected chi connectivity index (χ3v) is 4.64. The molecule has 4 N–H and O–H groups in total. The molecule has 148 valence electrons. The molecule has 3 amide bonds. The summed E-state index contributed by atoms with van der Waals surface area (Å²) in [6, 6.07) is 7.49. The number of aromatic hydroxyl groups is 1. The fourth-order valence-corrected chi connectivity index (χ4v) is 2.78. The minimum atomic E-state index is -1.17. The molecule has 0 aliphatic carbocycles. The zero-order valence-corrected chi connectivity index (χ0v) is 15.7. The zero-order valence-electron chi connectivity index (χ0n) is 14.9. The highest BCUT2D eigenvalue weighted by atomic mass is 32.2. The van der Waals surface area contributed by atoms with Gasteiger partial charge >= 0.3 is 17.3 Å². The molecule has 0 saturated heterocycles. The molecular weight excluding hydrogens is 390 g/mol. The second-order valence-electron chi connectivity index (χ2n) is 5.54. The minimum Gasteiger partial charge on any atom is -0.506 e. The van der Waals surface area contributed by atoms with E-state index in [4.69, 9.17) is 15.6 Å². The summed E-state index contributed by atoms with van der Waals surface area (Å²) >= 11 is 0.499. The second kappa shape index (κ2) is 8.48. The van der Waals surface area contributed by atoms with Crippen molar-refractivity contribution in [2.24, 2.45) is 5.73 Å². The van der Waals surface area contributed by atoms with Gasteiger partial charge in [0.1, 0.15) is 17.3 Å². The molecule has 2 rings (SSSR count). The molecule has 0 fully saturated rings. The molecule has 10 nitrogen and oxygen atoms in total. The van der Waals surface area contributed by atoms with Crippen molar-refractivity contribution >= 4 is 45.7 Å². The molecule has 0 unspecified atom stereocenters. The molecule has 28 heavy (non-hydrogen) atoms.